The number of nitrogens with zero attached hydrogens (tertiary/aromatic N) is 2. The largest absolute Gasteiger partial charge is 0.459 e. The number of carbonyl (C=O) groups is 1. The van der Waals surface area contributed by atoms with Gasteiger partial charge in [0.15, 0.2) is 15.6 Å². The Morgan fingerprint density at radius 1 is 0.966 bits per heavy atom. The second-order valence-corrected chi connectivity index (χ2v) is 8.24. The first-order valence-electron chi connectivity index (χ1n) is 8.49. The number of nitrogens with one attached hydrogen (secondary N) is 1. The summed E-state index contributed by atoms with van der Waals surface area (Å²) < 4.78 is 33.7. The van der Waals surface area contributed by atoms with Crippen LogP contribution in [-0.2, 0) is 9.84 Å². The molecule has 4 aromatic rings. The lowest BCUT2D eigenvalue weighted by atomic mass is 10.0. The van der Waals surface area contributed by atoms with Crippen LogP contribution in [0.1, 0.15) is 10.4 Å². The number of amides is 1. The van der Waals surface area contributed by atoms with Gasteiger partial charge in [-0.05, 0) is 47.5 Å². The average Bonchev–Trinajstić information content (AvgIpc) is 3.39. The Kier molecular flexibility index (Phi) is 4.73. The first kappa shape index (κ1) is 18.6. The molecule has 8 nitrogen and oxygen atoms in total. The van der Waals surface area contributed by atoms with E-state index < -0.39 is 15.7 Å². The predicted octanol–water partition coefficient (Wildman–Crippen LogP) is 3.65. The van der Waals surface area contributed by atoms with E-state index in [1.807, 2.05) is 6.07 Å². The molecule has 0 aliphatic carbocycles. The highest BCUT2D eigenvalue weighted by atomic mass is 32.2. The van der Waals surface area contributed by atoms with Gasteiger partial charge in [-0.25, -0.2) is 8.42 Å². The molecule has 0 aliphatic heterocycles. The average molecular weight is 409 g/mol. The van der Waals surface area contributed by atoms with E-state index in [1.54, 1.807) is 42.5 Å². The fourth-order valence-electron chi connectivity index (χ4n) is 2.68. The third-order valence-electron chi connectivity index (χ3n) is 4.12. The Labute approximate surface area is 166 Å². The Morgan fingerprint density at radius 2 is 1.76 bits per heavy atom. The zero-order valence-corrected chi connectivity index (χ0v) is 16.0. The molecule has 0 saturated carbocycles. The molecule has 0 bridgehead atoms. The van der Waals surface area contributed by atoms with Gasteiger partial charge in [0.25, 0.3) is 11.8 Å². The Morgan fingerprint density at radius 3 is 2.45 bits per heavy atom. The summed E-state index contributed by atoms with van der Waals surface area (Å²) in [6, 6.07) is 16.7. The first-order chi connectivity index (χ1) is 13.9. The quantitative estimate of drug-likeness (QED) is 0.535. The van der Waals surface area contributed by atoms with E-state index in [-0.39, 0.29) is 16.8 Å². The van der Waals surface area contributed by atoms with E-state index in [2.05, 4.69) is 15.5 Å². The molecule has 0 spiro atoms. The molecule has 9 heteroatoms. The van der Waals surface area contributed by atoms with Crippen LogP contribution < -0.4 is 5.32 Å². The lowest BCUT2D eigenvalue weighted by molar-refractivity contribution is 0.102. The number of rotatable bonds is 5. The summed E-state index contributed by atoms with van der Waals surface area (Å²) >= 11 is 0. The van der Waals surface area contributed by atoms with Crippen LogP contribution in [0.3, 0.4) is 0 Å². The van der Waals surface area contributed by atoms with Crippen LogP contribution in [0, 0.1) is 0 Å². The van der Waals surface area contributed by atoms with Gasteiger partial charge in [0.1, 0.15) is 0 Å². The fourth-order valence-corrected chi connectivity index (χ4v) is 3.31. The number of benzene rings is 2. The lowest BCUT2D eigenvalue weighted by Crippen LogP contribution is -2.12. The zero-order chi connectivity index (χ0) is 20.4. The molecule has 2 heterocycles. The summed E-state index contributed by atoms with van der Waals surface area (Å²) in [5.41, 5.74) is 1.93. The molecule has 0 unspecified atom stereocenters. The van der Waals surface area contributed by atoms with E-state index in [9.17, 15) is 13.2 Å². The van der Waals surface area contributed by atoms with Crippen LogP contribution in [0.4, 0.5) is 6.01 Å². The monoisotopic (exact) mass is 409 g/mol. The molecular weight excluding hydrogens is 394 g/mol. The zero-order valence-electron chi connectivity index (χ0n) is 15.2. The molecule has 0 atom stereocenters. The van der Waals surface area contributed by atoms with Gasteiger partial charge in [-0.1, -0.05) is 29.4 Å². The highest BCUT2D eigenvalue weighted by Gasteiger charge is 2.15. The second-order valence-electron chi connectivity index (χ2n) is 6.22. The van der Waals surface area contributed by atoms with E-state index in [0.29, 0.717) is 11.3 Å². The third kappa shape index (κ3) is 4.09. The molecule has 0 aliphatic rings. The van der Waals surface area contributed by atoms with Crippen molar-refractivity contribution in [2.75, 3.05) is 11.6 Å². The Bertz CT molecular complexity index is 1260. The van der Waals surface area contributed by atoms with Crippen LogP contribution in [0.25, 0.3) is 22.8 Å². The van der Waals surface area contributed by atoms with Crippen molar-refractivity contribution >= 4 is 21.8 Å². The van der Waals surface area contributed by atoms with E-state index >= 15 is 0 Å². The van der Waals surface area contributed by atoms with Crippen molar-refractivity contribution in [3.63, 3.8) is 0 Å². The number of carbonyl (C=O) groups excluding carboxylic acids is 1. The summed E-state index contributed by atoms with van der Waals surface area (Å²) in [4.78, 5) is 12.8. The summed E-state index contributed by atoms with van der Waals surface area (Å²) in [6.07, 6.45) is 2.63. The van der Waals surface area contributed by atoms with Crippen molar-refractivity contribution in [1.82, 2.24) is 10.2 Å². The maximum atomic E-state index is 12.5. The SMILES string of the molecule is CS(=O)(=O)c1ccc(-c2cccc(C(=O)Nc3nnc(-c4ccco4)o3)c2)cc1. The van der Waals surface area contributed by atoms with Crippen molar-refractivity contribution in [2.24, 2.45) is 0 Å². The highest BCUT2D eigenvalue weighted by molar-refractivity contribution is 7.90. The lowest BCUT2D eigenvalue weighted by Gasteiger charge is -2.06. The molecule has 29 heavy (non-hydrogen) atoms. The summed E-state index contributed by atoms with van der Waals surface area (Å²) in [6.45, 7) is 0. The molecule has 0 fully saturated rings. The van der Waals surface area contributed by atoms with Crippen LogP contribution in [0.15, 0.2) is 80.7 Å². The van der Waals surface area contributed by atoms with Crippen molar-refractivity contribution in [1.29, 1.82) is 0 Å². The van der Waals surface area contributed by atoms with E-state index in [1.165, 1.54) is 18.4 Å². The molecular formula is C20H15N3O5S. The number of aromatic nitrogens is 2. The van der Waals surface area contributed by atoms with Gasteiger partial charge >= 0.3 is 6.01 Å². The van der Waals surface area contributed by atoms with Gasteiger partial charge in [-0.15, -0.1) is 5.10 Å². The molecule has 2 aromatic carbocycles. The first-order valence-corrected chi connectivity index (χ1v) is 10.4. The molecule has 0 radical (unpaired) electrons. The standard InChI is InChI=1S/C20H15N3O5S/c1-29(25,26)16-9-7-13(8-10-16)14-4-2-5-15(12-14)18(24)21-20-23-22-19(28-20)17-6-3-11-27-17/h2-12H,1H3,(H,21,23,24). The number of hydrogen-bond donors (Lipinski definition) is 1. The number of furan rings is 1. The highest BCUT2D eigenvalue weighted by Crippen LogP contribution is 2.24. The molecule has 1 N–H and O–H groups in total. The summed E-state index contributed by atoms with van der Waals surface area (Å²) in [7, 11) is -3.27. The normalized spacial score (nSPS) is 11.3. The van der Waals surface area contributed by atoms with Gasteiger partial charge in [0.2, 0.25) is 0 Å². The van der Waals surface area contributed by atoms with Gasteiger partial charge in [-0.2, -0.15) is 0 Å². The number of hydrogen-bond acceptors (Lipinski definition) is 7. The van der Waals surface area contributed by atoms with Gasteiger partial charge < -0.3 is 8.83 Å². The van der Waals surface area contributed by atoms with Crippen molar-refractivity contribution in [3.05, 3.63) is 72.5 Å². The minimum Gasteiger partial charge on any atom is -0.459 e. The van der Waals surface area contributed by atoms with E-state index in [0.717, 1.165) is 17.4 Å². The number of anilines is 1. The number of sulfone groups is 1. The second kappa shape index (κ2) is 7.36. The van der Waals surface area contributed by atoms with Crippen molar-refractivity contribution in [3.8, 4) is 22.8 Å². The topological polar surface area (TPSA) is 115 Å². The minimum absolute atomic E-state index is 0.0516. The molecule has 4 rings (SSSR count). The maximum absolute atomic E-state index is 12.5. The summed E-state index contributed by atoms with van der Waals surface area (Å²) in [5, 5.41) is 10.2. The Hall–Kier alpha value is -3.72. The van der Waals surface area contributed by atoms with Gasteiger partial charge in [0, 0.05) is 11.8 Å². The molecule has 1 amide bonds. The van der Waals surface area contributed by atoms with Crippen molar-refractivity contribution < 1.29 is 22.0 Å². The van der Waals surface area contributed by atoms with Crippen molar-refractivity contribution in [2.45, 2.75) is 4.90 Å². The Balaban J connectivity index is 1.53. The predicted molar refractivity (Wildman–Crippen MR) is 105 cm³/mol. The van der Waals surface area contributed by atoms with Crippen LogP contribution in [0.2, 0.25) is 0 Å². The van der Waals surface area contributed by atoms with E-state index in [4.69, 9.17) is 8.83 Å². The van der Waals surface area contributed by atoms with Crippen LogP contribution in [-0.4, -0.2) is 30.8 Å². The smallest absolute Gasteiger partial charge is 0.322 e. The third-order valence-corrected chi connectivity index (χ3v) is 5.25. The van der Waals surface area contributed by atoms with Gasteiger partial charge in [-0.3, -0.25) is 10.1 Å². The maximum Gasteiger partial charge on any atom is 0.322 e. The van der Waals surface area contributed by atoms with Crippen LogP contribution >= 0.6 is 0 Å². The minimum atomic E-state index is -3.27. The summed E-state index contributed by atoms with van der Waals surface area (Å²) in [5.74, 6) is 0.136. The molecule has 146 valence electrons. The molecule has 2 aromatic heterocycles. The van der Waals surface area contributed by atoms with Crippen LogP contribution in [0.5, 0.6) is 0 Å². The fraction of sp³-hybridized carbons (Fsp3) is 0.0500. The molecule has 0 saturated heterocycles. The van der Waals surface area contributed by atoms with Gasteiger partial charge in [0.05, 0.1) is 11.2 Å².